The number of hydrogen-bond donors (Lipinski definition) is 2. The van der Waals surface area contributed by atoms with Gasteiger partial charge in [0.25, 0.3) is 0 Å². The van der Waals surface area contributed by atoms with Gasteiger partial charge >= 0.3 is 0 Å². The Morgan fingerprint density at radius 1 is 1.56 bits per heavy atom. The van der Waals surface area contributed by atoms with Gasteiger partial charge in [0.05, 0.1) is 5.69 Å². The summed E-state index contributed by atoms with van der Waals surface area (Å²) < 4.78 is 3.74. The highest BCUT2D eigenvalue weighted by Gasteiger charge is 2.10. The molecule has 84 valence electrons. The lowest BCUT2D eigenvalue weighted by Crippen LogP contribution is -2.19. The Balaban J connectivity index is 2.53. The quantitative estimate of drug-likeness (QED) is 0.346. The Hall–Kier alpha value is -2.24. The van der Waals surface area contributed by atoms with Crippen LogP contribution in [-0.4, -0.2) is 25.2 Å². The van der Waals surface area contributed by atoms with Gasteiger partial charge in [-0.05, 0) is 19.1 Å². The highest BCUT2D eigenvalue weighted by molar-refractivity contribution is 5.96. The van der Waals surface area contributed by atoms with Crippen LogP contribution < -0.4 is 5.73 Å². The molecule has 0 unspecified atom stereocenters. The molecule has 0 fully saturated rings. The zero-order chi connectivity index (χ0) is 11.5. The molecule has 0 aliphatic heterocycles. The fraction of sp³-hybridized carbons (Fsp3) is 0.200. The van der Waals surface area contributed by atoms with Gasteiger partial charge in [-0.15, -0.1) is 0 Å². The minimum absolute atomic E-state index is 0.0654. The summed E-state index contributed by atoms with van der Waals surface area (Å²) in [6, 6.07) is 3.59. The molecule has 16 heavy (non-hydrogen) atoms. The van der Waals surface area contributed by atoms with Gasteiger partial charge in [-0.1, -0.05) is 5.16 Å². The molecule has 2 aromatic rings. The normalized spacial score (nSPS) is 11.9. The summed E-state index contributed by atoms with van der Waals surface area (Å²) in [5, 5.41) is 11.7. The monoisotopic (exact) mass is 219 g/mol. The van der Waals surface area contributed by atoms with Gasteiger partial charge in [0.2, 0.25) is 5.95 Å². The van der Waals surface area contributed by atoms with Crippen molar-refractivity contribution in [2.24, 2.45) is 10.9 Å². The fourth-order valence-electron chi connectivity index (χ4n) is 1.58. The van der Waals surface area contributed by atoms with Gasteiger partial charge in [-0.2, -0.15) is 0 Å². The lowest BCUT2D eigenvalue weighted by Gasteiger charge is -2.08. The number of nitrogens with two attached hydrogens (primary N) is 1. The lowest BCUT2D eigenvalue weighted by atomic mass is 10.4. The van der Waals surface area contributed by atoms with Crippen LogP contribution in [0.3, 0.4) is 0 Å². The van der Waals surface area contributed by atoms with E-state index in [1.807, 2.05) is 30.0 Å². The molecule has 0 saturated heterocycles. The molecule has 0 bridgehead atoms. The average Bonchev–Trinajstić information content (AvgIpc) is 2.94. The summed E-state index contributed by atoms with van der Waals surface area (Å²) >= 11 is 0. The van der Waals surface area contributed by atoms with Crippen molar-refractivity contribution in [1.82, 2.24) is 14.1 Å². The van der Waals surface area contributed by atoms with E-state index in [2.05, 4.69) is 10.1 Å². The second kappa shape index (κ2) is 4.09. The van der Waals surface area contributed by atoms with Crippen molar-refractivity contribution >= 4 is 5.84 Å². The zero-order valence-corrected chi connectivity index (χ0v) is 8.91. The van der Waals surface area contributed by atoms with Crippen LogP contribution in [0.2, 0.25) is 0 Å². The van der Waals surface area contributed by atoms with E-state index in [1.54, 1.807) is 16.8 Å². The van der Waals surface area contributed by atoms with Crippen molar-refractivity contribution in [2.45, 2.75) is 13.5 Å². The van der Waals surface area contributed by atoms with E-state index < -0.39 is 0 Å². The zero-order valence-electron chi connectivity index (χ0n) is 8.91. The first-order valence-electron chi connectivity index (χ1n) is 4.94. The number of nitrogens with zero attached hydrogens (tertiary/aromatic N) is 4. The van der Waals surface area contributed by atoms with E-state index in [0.717, 1.165) is 12.5 Å². The summed E-state index contributed by atoms with van der Waals surface area (Å²) in [6.45, 7) is 2.83. The molecule has 3 N–H and O–H groups in total. The molecular formula is C10H13N5O. The highest BCUT2D eigenvalue weighted by atomic mass is 16.4. The van der Waals surface area contributed by atoms with Gasteiger partial charge in [0.1, 0.15) is 0 Å². The third kappa shape index (κ3) is 1.54. The van der Waals surface area contributed by atoms with Crippen LogP contribution in [0, 0.1) is 0 Å². The minimum Gasteiger partial charge on any atom is -0.409 e. The highest BCUT2D eigenvalue weighted by Crippen LogP contribution is 2.10. The first kappa shape index (κ1) is 10.3. The molecule has 2 heterocycles. The molecule has 0 amide bonds. The minimum atomic E-state index is 0.0654. The molecule has 2 aromatic heterocycles. The smallest absolute Gasteiger partial charge is 0.214 e. The number of imidazole rings is 1. The molecule has 2 rings (SSSR count). The molecule has 6 heteroatoms. The molecule has 6 nitrogen and oxygen atoms in total. The molecule has 0 aromatic carbocycles. The Morgan fingerprint density at radius 3 is 3.06 bits per heavy atom. The number of rotatable bonds is 3. The molecule has 0 saturated carbocycles. The molecule has 0 aliphatic rings. The van der Waals surface area contributed by atoms with Crippen LogP contribution in [0.1, 0.15) is 12.6 Å². The maximum absolute atomic E-state index is 8.68. The van der Waals surface area contributed by atoms with Crippen molar-refractivity contribution in [2.75, 3.05) is 0 Å². The fourth-order valence-corrected chi connectivity index (χ4v) is 1.58. The standard InChI is InChI=1S/C10H13N5O/c1-2-14-7-5-12-10(14)15-6-3-4-8(15)9(11)13-16/h3-7,16H,2H2,1H3,(H2,11,13). The topological polar surface area (TPSA) is 81.4 Å². The number of hydrogen-bond acceptors (Lipinski definition) is 3. The van der Waals surface area contributed by atoms with Crippen LogP contribution in [-0.2, 0) is 6.54 Å². The predicted molar refractivity (Wildman–Crippen MR) is 59.7 cm³/mol. The first-order valence-corrected chi connectivity index (χ1v) is 4.94. The van der Waals surface area contributed by atoms with Gasteiger partial charge < -0.3 is 15.5 Å². The Bertz CT molecular complexity index is 511. The number of oxime groups is 1. The van der Waals surface area contributed by atoms with Gasteiger partial charge in [0.15, 0.2) is 5.84 Å². The van der Waals surface area contributed by atoms with Crippen LogP contribution in [0.25, 0.3) is 5.95 Å². The predicted octanol–water partition coefficient (Wildman–Crippen LogP) is 0.788. The molecule has 0 radical (unpaired) electrons. The largest absolute Gasteiger partial charge is 0.409 e. The van der Waals surface area contributed by atoms with E-state index >= 15 is 0 Å². The van der Waals surface area contributed by atoms with Gasteiger partial charge in [0, 0.05) is 25.1 Å². The maximum atomic E-state index is 8.68. The Morgan fingerprint density at radius 2 is 2.38 bits per heavy atom. The van der Waals surface area contributed by atoms with E-state index in [-0.39, 0.29) is 5.84 Å². The van der Waals surface area contributed by atoms with Gasteiger partial charge in [-0.3, -0.25) is 4.57 Å². The lowest BCUT2D eigenvalue weighted by molar-refractivity contribution is 0.318. The number of amidine groups is 1. The summed E-state index contributed by atoms with van der Waals surface area (Å²) in [5.74, 6) is 0.810. The summed E-state index contributed by atoms with van der Waals surface area (Å²) in [7, 11) is 0. The summed E-state index contributed by atoms with van der Waals surface area (Å²) in [6.07, 6.45) is 5.42. The second-order valence-corrected chi connectivity index (χ2v) is 3.26. The van der Waals surface area contributed by atoms with Crippen LogP contribution >= 0.6 is 0 Å². The van der Waals surface area contributed by atoms with E-state index in [9.17, 15) is 0 Å². The average molecular weight is 219 g/mol. The number of aryl methyl sites for hydroxylation is 1. The molecular weight excluding hydrogens is 206 g/mol. The second-order valence-electron chi connectivity index (χ2n) is 3.26. The molecule has 0 spiro atoms. The van der Waals surface area contributed by atoms with Crippen molar-refractivity contribution in [3.05, 3.63) is 36.4 Å². The van der Waals surface area contributed by atoms with Crippen LogP contribution in [0.5, 0.6) is 0 Å². The van der Waals surface area contributed by atoms with Crippen molar-refractivity contribution in [3.8, 4) is 5.95 Å². The van der Waals surface area contributed by atoms with E-state index in [0.29, 0.717) is 5.69 Å². The van der Waals surface area contributed by atoms with Gasteiger partial charge in [-0.25, -0.2) is 4.98 Å². The maximum Gasteiger partial charge on any atom is 0.214 e. The molecule has 0 atom stereocenters. The Kier molecular flexibility index (Phi) is 2.63. The Labute approximate surface area is 92.6 Å². The van der Waals surface area contributed by atoms with Crippen LogP contribution in [0.4, 0.5) is 0 Å². The van der Waals surface area contributed by atoms with Crippen molar-refractivity contribution in [1.29, 1.82) is 0 Å². The summed E-state index contributed by atoms with van der Waals surface area (Å²) in [4.78, 5) is 4.24. The van der Waals surface area contributed by atoms with E-state index in [1.165, 1.54) is 0 Å². The SMILES string of the molecule is CCn1ccnc1-n1cccc1/C(N)=N/O. The summed E-state index contributed by atoms with van der Waals surface area (Å²) in [5.41, 5.74) is 6.19. The van der Waals surface area contributed by atoms with Crippen molar-refractivity contribution < 1.29 is 5.21 Å². The van der Waals surface area contributed by atoms with E-state index in [4.69, 9.17) is 10.9 Å². The third-order valence-corrected chi connectivity index (χ3v) is 2.37. The molecule has 0 aliphatic carbocycles. The van der Waals surface area contributed by atoms with Crippen LogP contribution in [0.15, 0.2) is 35.9 Å². The first-order chi connectivity index (χ1) is 7.77. The van der Waals surface area contributed by atoms with Crippen molar-refractivity contribution in [3.63, 3.8) is 0 Å². The number of aromatic nitrogens is 3. The third-order valence-electron chi connectivity index (χ3n) is 2.37.